The third-order valence-corrected chi connectivity index (χ3v) is 4.69. The van der Waals surface area contributed by atoms with Crippen molar-refractivity contribution in [1.82, 2.24) is 10.3 Å². The van der Waals surface area contributed by atoms with E-state index in [1.54, 1.807) is 0 Å². The van der Waals surface area contributed by atoms with Crippen LogP contribution in [0.3, 0.4) is 0 Å². The topological polar surface area (TPSA) is 107 Å². The van der Waals surface area contributed by atoms with Crippen LogP contribution in [0.25, 0.3) is 0 Å². The summed E-state index contributed by atoms with van der Waals surface area (Å²) in [7, 11) is 1.37. The first-order chi connectivity index (χ1) is 13.3. The van der Waals surface area contributed by atoms with E-state index in [1.807, 2.05) is 6.92 Å². The smallest absolute Gasteiger partial charge is 0.331 e. The van der Waals surface area contributed by atoms with E-state index in [-0.39, 0.29) is 29.9 Å². The summed E-state index contributed by atoms with van der Waals surface area (Å²) in [5.41, 5.74) is -0.227. The van der Waals surface area contributed by atoms with Gasteiger partial charge in [0.15, 0.2) is 23.2 Å². The molecule has 1 aliphatic rings. The normalized spacial score (nSPS) is 23.3. The minimum Gasteiger partial charge on any atom is -0.503 e. The molecular formula is C20H30N2O6. The number of methoxy groups -OCH3 is 1. The van der Waals surface area contributed by atoms with Crippen molar-refractivity contribution in [2.24, 2.45) is 11.8 Å². The van der Waals surface area contributed by atoms with Crippen molar-refractivity contribution in [1.29, 1.82) is 0 Å². The number of amides is 1. The second-order valence-corrected chi connectivity index (χ2v) is 7.59. The number of hydrogen-bond acceptors (Lipinski definition) is 7. The fourth-order valence-electron chi connectivity index (χ4n) is 3.15. The van der Waals surface area contributed by atoms with E-state index >= 15 is 0 Å². The maximum atomic E-state index is 12.5. The molecule has 0 spiro atoms. The number of hydrogen-bond donors (Lipinski definition) is 2. The largest absolute Gasteiger partial charge is 0.503 e. The number of aromatic nitrogens is 1. The lowest BCUT2D eigenvalue weighted by molar-refractivity contribution is -0.151. The van der Waals surface area contributed by atoms with Crippen molar-refractivity contribution in [3.8, 4) is 11.5 Å². The summed E-state index contributed by atoms with van der Waals surface area (Å²) in [6, 6.07) is 0.453. The molecule has 3 atom stereocenters. The Bertz CT molecular complexity index is 679. The fraction of sp³-hybridized carbons (Fsp3) is 0.650. The van der Waals surface area contributed by atoms with Gasteiger partial charge in [-0.2, -0.15) is 0 Å². The van der Waals surface area contributed by atoms with Crippen LogP contribution >= 0.6 is 0 Å². The minimum atomic E-state index is -0.980. The Morgan fingerprint density at radius 2 is 2.18 bits per heavy atom. The van der Waals surface area contributed by atoms with E-state index < -0.39 is 17.9 Å². The molecular weight excluding hydrogens is 364 g/mol. The molecule has 0 bridgehead atoms. The number of cyclic esters (lactones) is 1. The van der Waals surface area contributed by atoms with Crippen LogP contribution in [-0.4, -0.2) is 54.4 Å². The van der Waals surface area contributed by atoms with Crippen LogP contribution < -0.4 is 10.1 Å². The van der Waals surface area contributed by atoms with Gasteiger partial charge in [-0.05, 0) is 31.6 Å². The fourth-order valence-corrected chi connectivity index (χ4v) is 3.15. The number of pyridine rings is 1. The Hall–Kier alpha value is -2.35. The summed E-state index contributed by atoms with van der Waals surface area (Å²) in [5.74, 6) is -0.640. The van der Waals surface area contributed by atoms with E-state index in [1.165, 1.54) is 19.4 Å². The average Bonchev–Trinajstić information content (AvgIpc) is 2.70. The van der Waals surface area contributed by atoms with Crippen LogP contribution in [0.15, 0.2) is 12.3 Å². The van der Waals surface area contributed by atoms with Gasteiger partial charge in [0.2, 0.25) is 0 Å². The van der Waals surface area contributed by atoms with E-state index in [2.05, 4.69) is 24.1 Å². The summed E-state index contributed by atoms with van der Waals surface area (Å²) < 4.78 is 16.2. The summed E-state index contributed by atoms with van der Waals surface area (Å²) >= 11 is 0. The number of nitrogens with one attached hydrogen (secondary N) is 1. The molecule has 2 unspecified atom stereocenters. The van der Waals surface area contributed by atoms with Crippen LogP contribution in [-0.2, 0) is 14.3 Å². The monoisotopic (exact) mass is 394 g/mol. The third-order valence-electron chi connectivity index (χ3n) is 4.69. The van der Waals surface area contributed by atoms with Gasteiger partial charge in [0.05, 0.1) is 19.8 Å². The summed E-state index contributed by atoms with van der Waals surface area (Å²) in [6.45, 7) is 6.70. The van der Waals surface area contributed by atoms with E-state index in [4.69, 9.17) is 14.2 Å². The van der Waals surface area contributed by atoms with Crippen LogP contribution in [0, 0.1) is 11.8 Å². The molecule has 2 heterocycles. The van der Waals surface area contributed by atoms with Gasteiger partial charge in [-0.15, -0.1) is 0 Å². The van der Waals surface area contributed by atoms with Gasteiger partial charge in [0.25, 0.3) is 5.91 Å². The Morgan fingerprint density at radius 1 is 1.43 bits per heavy atom. The predicted octanol–water partition coefficient (Wildman–Crippen LogP) is 2.30. The number of carbonyl (C=O) groups excluding carboxylic acids is 2. The first kappa shape index (κ1) is 21.9. The predicted molar refractivity (Wildman–Crippen MR) is 102 cm³/mol. The molecule has 1 saturated heterocycles. The molecule has 0 saturated carbocycles. The highest BCUT2D eigenvalue weighted by Crippen LogP contribution is 2.27. The molecule has 0 radical (unpaired) electrons. The van der Waals surface area contributed by atoms with Gasteiger partial charge in [-0.3, -0.25) is 4.79 Å². The maximum Gasteiger partial charge on any atom is 0.331 e. The first-order valence-electron chi connectivity index (χ1n) is 9.62. The van der Waals surface area contributed by atoms with Crippen molar-refractivity contribution in [3.05, 3.63) is 18.0 Å². The third kappa shape index (κ3) is 6.09. The number of nitrogens with zero attached hydrogens (tertiary/aromatic N) is 1. The van der Waals surface area contributed by atoms with E-state index in [0.29, 0.717) is 18.4 Å². The Kier molecular flexibility index (Phi) is 8.04. The van der Waals surface area contributed by atoms with Gasteiger partial charge >= 0.3 is 5.97 Å². The molecule has 156 valence electrons. The SMILES string of the molecule is COc1ccnc(C(=O)N[C@H]2COCC(CCC(C)C)CC(C)OC2=O)c1O. The van der Waals surface area contributed by atoms with Gasteiger partial charge in [0, 0.05) is 18.9 Å². The highest BCUT2D eigenvalue weighted by Gasteiger charge is 2.29. The number of ether oxygens (including phenoxy) is 3. The molecule has 1 aliphatic heterocycles. The standard InChI is InChI=1S/C20H30N2O6/c1-12(2)5-6-14-9-13(3)28-20(25)15(11-27-10-14)22-19(24)17-18(23)16(26-4)7-8-21-17/h7-8,12-15,23H,5-6,9-11H2,1-4H3,(H,22,24)/t13?,14?,15-/m0/s1. The van der Waals surface area contributed by atoms with Crippen molar-refractivity contribution >= 4 is 11.9 Å². The first-order valence-corrected chi connectivity index (χ1v) is 9.62. The molecule has 1 aromatic heterocycles. The molecule has 1 aromatic rings. The maximum absolute atomic E-state index is 12.5. The zero-order valence-corrected chi connectivity index (χ0v) is 16.9. The molecule has 28 heavy (non-hydrogen) atoms. The van der Waals surface area contributed by atoms with Crippen LogP contribution in [0.5, 0.6) is 11.5 Å². The number of rotatable bonds is 6. The van der Waals surface area contributed by atoms with Gasteiger partial charge in [-0.25, -0.2) is 9.78 Å². The molecule has 0 aliphatic carbocycles. The molecule has 2 rings (SSSR count). The number of carbonyl (C=O) groups is 2. The van der Waals surface area contributed by atoms with Crippen LogP contribution in [0.2, 0.25) is 0 Å². The summed E-state index contributed by atoms with van der Waals surface area (Å²) in [5, 5.41) is 12.6. The number of aromatic hydroxyl groups is 1. The van der Waals surface area contributed by atoms with E-state index in [0.717, 1.165) is 19.3 Å². The molecule has 8 nitrogen and oxygen atoms in total. The second kappa shape index (κ2) is 10.3. The van der Waals surface area contributed by atoms with Crippen LogP contribution in [0.4, 0.5) is 0 Å². The lowest BCUT2D eigenvalue weighted by Gasteiger charge is -2.20. The molecule has 2 N–H and O–H groups in total. The molecule has 1 amide bonds. The van der Waals surface area contributed by atoms with Gasteiger partial charge in [-0.1, -0.05) is 20.3 Å². The Morgan fingerprint density at radius 3 is 2.86 bits per heavy atom. The number of esters is 1. The highest BCUT2D eigenvalue weighted by atomic mass is 16.5. The lowest BCUT2D eigenvalue weighted by Crippen LogP contribution is -2.45. The molecule has 8 heteroatoms. The van der Waals surface area contributed by atoms with E-state index in [9.17, 15) is 14.7 Å². The van der Waals surface area contributed by atoms with Gasteiger partial charge < -0.3 is 24.6 Å². The molecule has 1 fully saturated rings. The summed E-state index contributed by atoms with van der Waals surface area (Å²) in [6.07, 6.45) is 3.87. The van der Waals surface area contributed by atoms with Crippen molar-refractivity contribution in [2.45, 2.75) is 52.2 Å². The Balaban J connectivity index is 2.05. The van der Waals surface area contributed by atoms with Crippen molar-refractivity contribution in [3.63, 3.8) is 0 Å². The Labute approximate surface area is 165 Å². The van der Waals surface area contributed by atoms with Crippen molar-refractivity contribution < 1.29 is 28.9 Å². The van der Waals surface area contributed by atoms with Crippen molar-refractivity contribution in [2.75, 3.05) is 20.3 Å². The van der Waals surface area contributed by atoms with Crippen LogP contribution in [0.1, 0.15) is 50.5 Å². The molecule has 0 aromatic carbocycles. The van der Waals surface area contributed by atoms with Gasteiger partial charge in [0.1, 0.15) is 0 Å². The second-order valence-electron chi connectivity index (χ2n) is 7.59. The average molecular weight is 394 g/mol. The zero-order valence-electron chi connectivity index (χ0n) is 16.9. The summed E-state index contributed by atoms with van der Waals surface area (Å²) in [4.78, 5) is 28.8. The lowest BCUT2D eigenvalue weighted by atomic mass is 9.94. The quantitative estimate of drug-likeness (QED) is 0.713. The minimum absolute atomic E-state index is 0.000201. The zero-order chi connectivity index (χ0) is 20.7. The highest BCUT2D eigenvalue weighted by molar-refractivity contribution is 5.98.